The first kappa shape index (κ1) is 24.9. The minimum Gasteiger partial charge on any atom is -0.469 e. The Balaban J connectivity index is 0.00000320. The number of piperidine rings is 1. The average Bonchev–Trinajstić information content (AvgIpc) is 2.76. The van der Waals surface area contributed by atoms with E-state index in [0.29, 0.717) is 0 Å². The summed E-state index contributed by atoms with van der Waals surface area (Å²) >= 11 is 0. The molecule has 2 aliphatic heterocycles. The van der Waals surface area contributed by atoms with Gasteiger partial charge in [-0.2, -0.15) is 0 Å². The van der Waals surface area contributed by atoms with Gasteiger partial charge in [-0.1, -0.05) is 24.3 Å². The van der Waals surface area contributed by atoms with Crippen molar-refractivity contribution in [2.24, 2.45) is 10.9 Å². The number of benzene rings is 1. The number of carbonyl (C=O) groups is 1. The molecule has 6 nitrogen and oxygen atoms in total. The molecule has 3 rings (SSSR count). The Morgan fingerprint density at radius 1 is 1.20 bits per heavy atom. The molecule has 1 N–H and O–H groups in total. The van der Waals surface area contributed by atoms with Gasteiger partial charge >= 0.3 is 5.97 Å². The molecule has 0 unspecified atom stereocenters. The summed E-state index contributed by atoms with van der Waals surface area (Å²) in [7, 11) is 1.47. The number of carbonyl (C=O) groups excluding carboxylic acids is 1. The van der Waals surface area contributed by atoms with Gasteiger partial charge in [-0.3, -0.25) is 14.7 Å². The molecule has 1 saturated heterocycles. The third-order valence-corrected chi connectivity index (χ3v) is 6.27. The van der Waals surface area contributed by atoms with Crippen LogP contribution in [0.5, 0.6) is 0 Å². The number of aliphatic imine (C=N–C) groups is 1. The van der Waals surface area contributed by atoms with Crippen LogP contribution in [0.1, 0.15) is 44.7 Å². The molecular formula is C23H37IN4O2. The number of likely N-dealkylation sites (tertiary alicyclic amines) is 1. The Kier molecular flexibility index (Phi) is 9.40. The highest BCUT2D eigenvalue weighted by atomic mass is 127. The Hall–Kier alpha value is -1.35. The SMILES string of the molecule is CCNC(=NCC(C)(C)N1CCc2ccccc2C1)N1CCC(C(=O)OC)CC1.I. The monoisotopic (exact) mass is 528 g/mol. The second-order valence-corrected chi connectivity index (χ2v) is 8.71. The maximum Gasteiger partial charge on any atom is 0.308 e. The molecule has 0 radical (unpaired) electrons. The van der Waals surface area contributed by atoms with Crippen LogP contribution in [-0.4, -0.2) is 67.1 Å². The van der Waals surface area contributed by atoms with Crippen molar-refractivity contribution in [3.63, 3.8) is 0 Å². The fraction of sp³-hybridized carbons (Fsp3) is 0.652. The van der Waals surface area contributed by atoms with Crippen LogP contribution in [-0.2, 0) is 22.5 Å². The van der Waals surface area contributed by atoms with E-state index in [1.54, 1.807) is 0 Å². The molecule has 0 bridgehead atoms. The number of nitrogens with one attached hydrogen (secondary N) is 1. The molecule has 168 valence electrons. The molecule has 2 heterocycles. The Bertz CT molecular complexity index is 730. The van der Waals surface area contributed by atoms with E-state index in [4.69, 9.17) is 9.73 Å². The normalized spacial score (nSPS) is 18.4. The number of hydrogen-bond donors (Lipinski definition) is 1. The maximum absolute atomic E-state index is 11.8. The highest BCUT2D eigenvalue weighted by molar-refractivity contribution is 14.0. The van der Waals surface area contributed by atoms with Gasteiger partial charge in [0, 0.05) is 38.3 Å². The minimum atomic E-state index is -0.0851. The number of rotatable bonds is 5. The van der Waals surface area contributed by atoms with Gasteiger partial charge < -0.3 is 15.0 Å². The number of halogens is 1. The van der Waals surface area contributed by atoms with E-state index in [9.17, 15) is 4.79 Å². The maximum atomic E-state index is 11.8. The van der Waals surface area contributed by atoms with E-state index >= 15 is 0 Å². The predicted molar refractivity (Wildman–Crippen MR) is 132 cm³/mol. The zero-order valence-corrected chi connectivity index (χ0v) is 21.1. The summed E-state index contributed by atoms with van der Waals surface area (Å²) < 4.78 is 4.91. The van der Waals surface area contributed by atoms with Crippen LogP contribution in [0.25, 0.3) is 0 Å². The molecule has 0 aromatic heterocycles. The van der Waals surface area contributed by atoms with E-state index in [2.05, 4.69) is 60.2 Å². The van der Waals surface area contributed by atoms with E-state index < -0.39 is 0 Å². The Labute approximate surface area is 198 Å². The van der Waals surface area contributed by atoms with Gasteiger partial charge in [0.1, 0.15) is 0 Å². The summed E-state index contributed by atoms with van der Waals surface area (Å²) in [6.45, 7) is 12.0. The van der Waals surface area contributed by atoms with Gasteiger partial charge in [0.15, 0.2) is 5.96 Å². The van der Waals surface area contributed by atoms with Crippen LogP contribution < -0.4 is 5.32 Å². The topological polar surface area (TPSA) is 57.2 Å². The fourth-order valence-corrected chi connectivity index (χ4v) is 4.30. The predicted octanol–water partition coefficient (Wildman–Crippen LogP) is 3.29. The molecule has 1 aromatic carbocycles. The molecule has 0 spiro atoms. The standard InChI is InChI=1S/C23H36N4O2.HI/c1-5-24-22(26-13-10-19(11-14-26)21(28)29-4)25-17-23(2,3)27-15-12-18-8-6-7-9-20(18)16-27;/h6-9,19H,5,10-17H2,1-4H3,(H,24,25);1H. The van der Waals surface area contributed by atoms with Crippen LogP contribution in [0.2, 0.25) is 0 Å². The largest absolute Gasteiger partial charge is 0.469 e. The van der Waals surface area contributed by atoms with Gasteiger partial charge in [-0.05, 0) is 51.2 Å². The van der Waals surface area contributed by atoms with Gasteiger partial charge in [-0.25, -0.2) is 0 Å². The number of methoxy groups -OCH3 is 1. The molecule has 0 atom stereocenters. The number of esters is 1. The first-order chi connectivity index (χ1) is 13.9. The van der Waals surface area contributed by atoms with Crippen LogP contribution in [0.4, 0.5) is 0 Å². The average molecular weight is 528 g/mol. The molecule has 1 aromatic rings. The zero-order chi connectivity index (χ0) is 20.9. The second-order valence-electron chi connectivity index (χ2n) is 8.71. The Morgan fingerprint density at radius 2 is 1.87 bits per heavy atom. The van der Waals surface area contributed by atoms with Crippen LogP contribution >= 0.6 is 24.0 Å². The highest BCUT2D eigenvalue weighted by Gasteiger charge is 2.31. The number of ether oxygens (including phenoxy) is 1. The summed E-state index contributed by atoms with van der Waals surface area (Å²) in [6, 6.07) is 8.76. The molecular weight excluding hydrogens is 491 g/mol. The third kappa shape index (κ3) is 6.09. The number of guanidine groups is 1. The summed E-state index contributed by atoms with van der Waals surface area (Å²) in [4.78, 5) is 21.6. The van der Waals surface area contributed by atoms with Gasteiger partial charge in [0.2, 0.25) is 0 Å². The van der Waals surface area contributed by atoms with E-state index in [0.717, 1.165) is 64.5 Å². The van der Waals surface area contributed by atoms with Crippen molar-refractivity contribution in [2.45, 2.75) is 52.1 Å². The quantitative estimate of drug-likeness (QED) is 0.275. The molecule has 7 heteroatoms. The summed E-state index contributed by atoms with van der Waals surface area (Å²) in [5.74, 6) is 0.892. The van der Waals surface area contributed by atoms with Crippen LogP contribution in [0.15, 0.2) is 29.3 Å². The first-order valence-corrected chi connectivity index (χ1v) is 10.9. The van der Waals surface area contributed by atoms with Crippen molar-refractivity contribution in [1.29, 1.82) is 0 Å². The number of fused-ring (bicyclic) bond motifs is 1. The first-order valence-electron chi connectivity index (χ1n) is 10.9. The highest BCUT2D eigenvalue weighted by Crippen LogP contribution is 2.26. The molecule has 0 saturated carbocycles. The van der Waals surface area contributed by atoms with Crippen LogP contribution in [0.3, 0.4) is 0 Å². The van der Waals surface area contributed by atoms with Crippen molar-refractivity contribution >= 4 is 35.9 Å². The van der Waals surface area contributed by atoms with E-state index in [1.165, 1.54) is 18.2 Å². The Morgan fingerprint density at radius 3 is 2.50 bits per heavy atom. The molecule has 30 heavy (non-hydrogen) atoms. The number of nitrogens with zero attached hydrogens (tertiary/aromatic N) is 3. The van der Waals surface area contributed by atoms with Crippen molar-refractivity contribution in [3.05, 3.63) is 35.4 Å². The summed E-state index contributed by atoms with van der Waals surface area (Å²) in [5.41, 5.74) is 2.90. The van der Waals surface area contributed by atoms with E-state index in [1.807, 2.05) is 0 Å². The molecule has 2 aliphatic rings. The lowest BCUT2D eigenvalue weighted by Gasteiger charge is -2.41. The van der Waals surface area contributed by atoms with Gasteiger partial charge in [0.05, 0.1) is 19.6 Å². The van der Waals surface area contributed by atoms with Crippen molar-refractivity contribution in [2.75, 3.05) is 39.8 Å². The second kappa shape index (κ2) is 11.3. The fourth-order valence-electron chi connectivity index (χ4n) is 4.30. The molecule has 1 fully saturated rings. The van der Waals surface area contributed by atoms with Crippen LogP contribution in [0, 0.1) is 5.92 Å². The molecule has 0 aliphatic carbocycles. The number of hydrogen-bond acceptors (Lipinski definition) is 4. The summed E-state index contributed by atoms with van der Waals surface area (Å²) in [6.07, 6.45) is 2.75. The van der Waals surface area contributed by atoms with Gasteiger partial charge in [0.25, 0.3) is 0 Å². The smallest absolute Gasteiger partial charge is 0.308 e. The van der Waals surface area contributed by atoms with Crippen molar-refractivity contribution < 1.29 is 9.53 Å². The third-order valence-electron chi connectivity index (χ3n) is 6.27. The lowest BCUT2D eigenvalue weighted by Crippen LogP contribution is -2.50. The minimum absolute atomic E-state index is 0. The summed E-state index contributed by atoms with van der Waals surface area (Å²) in [5, 5.41) is 3.44. The lowest BCUT2D eigenvalue weighted by molar-refractivity contribution is -0.146. The zero-order valence-electron chi connectivity index (χ0n) is 18.8. The molecule has 0 amide bonds. The lowest BCUT2D eigenvalue weighted by atomic mass is 9.94. The van der Waals surface area contributed by atoms with Crippen molar-refractivity contribution in [1.82, 2.24) is 15.1 Å². The van der Waals surface area contributed by atoms with E-state index in [-0.39, 0.29) is 41.4 Å². The van der Waals surface area contributed by atoms with Crippen molar-refractivity contribution in [3.8, 4) is 0 Å². The van der Waals surface area contributed by atoms with Gasteiger partial charge in [-0.15, -0.1) is 24.0 Å².